The van der Waals surface area contributed by atoms with Gasteiger partial charge in [0.1, 0.15) is 0 Å². The second kappa shape index (κ2) is 40.0. The van der Waals surface area contributed by atoms with Gasteiger partial charge in [0.15, 0.2) is 0 Å². The smallest absolute Gasteiger partial charge is 0.243 e. The Morgan fingerprint density at radius 3 is 1.61 bits per heavy atom. The van der Waals surface area contributed by atoms with Crippen molar-refractivity contribution >= 4 is 64.8 Å². The van der Waals surface area contributed by atoms with Gasteiger partial charge in [-0.3, -0.25) is 52.8 Å². The molecule has 1 aromatic rings. The van der Waals surface area contributed by atoms with Crippen LogP contribution in [0.3, 0.4) is 0 Å². The minimum atomic E-state index is -0.685. The molecule has 10 N–H and O–H groups in total. The summed E-state index contributed by atoms with van der Waals surface area (Å²) in [4.78, 5) is 131. The van der Waals surface area contributed by atoms with Crippen molar-refractivity contribution in [2.45, 2.75) is 151 Å². The van der Waals surface area contributed by atoms with Crippen LogP contribution in [-0.4, -0.2) is 198 Å². The van der Waals surface area contributed by atoms with Gasteiger partial charge in [0.2, 0.25) is 59.1 Å². The van der Waals surface area contributed by atoms with Gasteiger partial charge in [-0.15, -0.1) is 0 Å². The minimum Gasteiger partial charge on any atom is -0.379 e. The Morgan fingerprint density at radius 1 is 0.684 bits per heavy atom. The quantitative estimate of drug-likeness (QED) is 0.0479. The van der Waals surface area contributed by atoms with Crippen molar-refractivity contribution in [3.05, 3.63) is 29.8 Å². The van der Waals surface area contributed by atoms with Crippen LogP contribution in [0.4, 0.5) is 5.69 Å². The van der Waals surface area contributed by atoms with E-state index in [2.05, 4.69) is 56.4 Å². The number of benzene rings is 1. The molecule has 0 aromatic heterocycles. The maximum atomic E-state index is 14.2. The molecule has 10 amide bonds. The molecular formula is C55H98N12O12. The molecule has 0 bridgehead atoms. The topological polar surface area (TPSA) is 321 Å². The summed E-state index contributed by atoms with van der Waals surface area (Å²) in [5, 5.41) is 20.1. The predicted molar refractivity (Wildman–Crippen MR) is 304 cm³/mol. The Morgan fingerprint density at radius 2 is 1.18 bits per heavy atom. The number of likely N-dealkylation sites (N-methyl/N-ethyl adjacent to an activating group) is 2. The number of hydrogen-bond acceptors (Lipinski definition) is 14. The zero-order chi connectivity index (χ0) is 60.4. The number of methoxy groups -OCH3 is 2. The lowest BCUT2D eigenvalue weighted by Gasteiger charge is -2.39. The molecule has 2 rings (SSSR count). The maximum absolute atomic E-state index is 14.2. The number of anilines is 1. The molecular weight excluding hydrogens is 1020 g/mol. The van der Waals surface area contributed by atoms with Gasteiger partial charge < -0.3 is 67.5 Å². The van der Waals surface area contributed by atoms with Gasteiger partial charge in [0, 0.05) is 52.5 Å². The number of ether oxygens (including phenoxy) is 2. The van der Waals surface area contributed by atoms with Gasteiger partial charge in [0.25, 0.3) is 0 Å². The average Bonchev–Trinajstić information content (AvgIpc) is 3.93. The summed E-state index contributed by atoms with van der Waals surface area (Å²) < 4.78 is 11.9. The van der Waals surface area contributed by atoms with Crippen LogP contribution in [0.2, 0.25) is 0 Å². The van der Waals surface area contributed by atoms with Crippen molar-refractivity contribution in [3.8, 4) is 0 Å². The monoisotopic (exact) mass is 1120 g/mol. The second-order valence-corrected chi connectivity index (χ2v) is 19.8. The third-order valence-electron chi connectivity index (χ3n) is 13.1. The van der Waals surface area contributed by atoms with Crippen molar-refractivity contribution < 1.29 is 57.4 Å². The molecule has 0 radical (unpaired) electrons. The Labute approximate surface area is 469 Å². The first-order chi connectivity index (χ1) is 37.4. The molecule has 1 aliphatic heterocycles. The van der Waals surface area contributed by atoms with E-state index in [4.69, 9.17) is 15.2 Å². The van der Waals surface area contributed by atoms with Crippen LogP contribution in [0.15, 0.2) is 24.3 Å². The normalized spacial score (nSPS) is 15.4. The lowest BCUT2D eigenvalue weighted by atomic mass is 9.90. The summed E-state index contributed by atoms with van der Waals surface area (Å²) in [6.07, 6.45) is 2.52. The number of carbonyl (C=O) groups excluding carboxylic acids is 10. The Balaban J connectivity index is 0.0000117. The molecule has 1 saturated heterocycles. The highest BCUT2D eigenvalue weighted by molar-refractivity contribution is 5.96. The predicted octanol–water partition coefficient (Wildman–Crippen LogP) is 0.667. The van der Waals surface area contributed by atoms with Crippen molar-refractivity contribution in [1.82, 2.24) is 51.9 Å². The third-order valence-corrected chi connectivity index (χ3v) is 13.1. The van der Waals surface area contributed by atoms with Crippen LogP contribution in [0.25, 0.3) is 0 Å². The van der Waals surface area contributed by atoms with Crippen LogP contribution in [0, 0.1) is 17.8 Å². The van der Waals surface area contributed by atoms with Crippen molar-refractivity contribution in [2.24, 2.45) is 23.5 Å². The van der Waals surface area contributed by atoms with Crippen LogP contribution >= 0.6 is 0 Å². The Hall–Kier alpha value is -6.24. The number of nitrogens with two attached hydrogens (primary N) is 1. The fourth-order valence-electron chi connectivity index (χ4n) is 8.86. The Kier molecular flexibility index (Phi) is 36.9. The number of carbonyl (C=O) groups is 10. The van der Waals surface area contributed by atoms with Gasteiger partial charge in [-0.2, -0.15) is 0 Å². The molecule has 0 spiro atoms. The summed E-state index contributed by atoms with van der Waals surface area (Å²) in [6, 6.07) is 5.10. The first-order valence-electron chi connectivity index (χ1n) is 27.7. The second-order valence-electron chi connectivity index (χ2n) is 19.8. The van der Waals surface area contributed by atoms with E-state index in [0.717, 1.165) is 5.56 Å². The lowest BCUT2D eigenvalue weighted by molar-refractivity contribution is -0.146. The van der Waals surface area contributed by atoms with Gasteiger partial charge >= 0.3 is 0 Å². The number of nitrogens with zero attached hydrogens (tertiary/aromatic N) is 3. The summed E-state index contributed by atoms with van der Waals surface area (Å²) in [7, 11) is 8.35. The first kappa shape index (κ1) is 72.8. The number of likely N-dealkylation sites (tertiary alicyclic amines) is 1. The molecule has 24 nitrogen and oxygen atoms in total. The van der Waals surface area contributed by atoms with E-state index in [-0.39, 0.29) is 73.8 Å². The molecule has 1 heterocycles. The molecule has 0 aliphatic carbocycles. The molecule has 0 saturated carbocycles. The van der Waals surface area contributed by atoms with Gasteiger partial charge in [-0.1, -0.05) is 94.2 Å². The van der Waals surface area contributed by atoms with E-state index in [0.29, 0.717) is 37.9 Å². The first-order valence-corrected chi connectivity index (χ1v) is 27.7. The van der Waals surface area contributed by atoms with Crippen LogP contribution in [0.1, 0.15) is 113 Å². The highest BCUT2D eigenvalue weighted by Gasteiger charge is 2.42. The van der Waals surface area contributed by atoms with E-state index in [9.17, 15) is 47.9 Å². The number of rotatable bonds is 32. The summed E-state index contributed by atoms with van der Waals surface area (Å²) in [5.41, 5.74) is 7.38. The van der Waals surface area contributed by atoms with Gasteiger partial charge in [-0.05, 0) is 62.9 Å². The largest absolute Gasteiger partial charge is 0.379 e. The van der Waals surface area contributed by atoms with E-state index in [1.807, 2.05) is 60.5 Å². The lowest BCUT2D eigenvalue weighted by Crippen LogP contribution is -2.55. The van der Waals surface area contributed by atoms with Crippen LogP contribution < -0.4 is 48.3 Å². The zero-order valence-electron chi connectivity index (χ0n) is 49.9. The maximum Gasteiger partial charge on any atom is 0.243 e. The Bertz CT molecular complexity index is 2050. The van der Waals surface area contributed by atoms with E-state index in [1.165, 1.54) is 20.6 Å². The molecule has 79 heavy (non-hydrogen) atoms. The van der Waals surface area contributed by atoms with Crippen molar-refractivity contribution in [1.29, 1.82) is 0 Å². The molecule has 450 valence electrons. The summed E-state index contributed by atoms with van der Waals surface area (Å²) >= 11 is 0. The van der Waals surface area contributed by atoms with Crippen molar-refractivity contribution in [3.63, 3.8) is 0 Å². The molecule has 1 aliphatic rings. The zero-order valence-corrected chi connectivity index (χ0v) is 49.9. The molecule has 1 aromatic carbocycles. The fourth-order valence-corrected chi connectivity index (χ4v) is 8.86. The highest BCUT2D eigenvalue weighted by atomic mass is 16.5. The molecule has 24 heteroatoms. The fraction of sp³-hybridized carbons (Fsp3) is 0.709. The van der Waals surface area contributed by atoms with Crippen molar-refractivity contribution in [2.75, 3.05) is 93.0 Å². The average molecular weight is 1120 g/mol. The minimum absolute atomic E-state index is 0.0172. The number of nitrogens with one attached hydrogen (secondary N) is 8. The number of hydrogen-bond donors (Lipinski definition) is 9. The standard InChI is InChI=1S/C50H84N12O12.C3H8.C2H6/c1-12-31(5)47(61(9)45(70)29-57-50(72)46(30(3)4)60(7)8)37(73-10)22-44(69)62-20-14-15-36(62)48(74-11)32(6)49(71)59-35(23-51)21-33-16-18-34(19-17-33)58-43(68)28-56-42(67)27-55-41(66)26-54-40(65)25-53-39(64)24-52-38(63)13-2;1-3-2;1-2/h16-19,30-32,35-37,46-48H,12-15,20-29,51H2,1-11H3,(H,52,63)(H,53,64)(H,54,65)(H,55,66)(H,56,67)(H,57,72)(H,58,68)(H,59,71);3H2,1-2H3;1-2H3. The number of amides is 10. The SMILES string of the molecule is CC.CCC.CCC(=O)NCC(=O)NCC(=O)NCC(=O)NCC(=O)NCC(=O)Nc1ccc(CC(CN)NC(=O)C(C)C(OC)C2CCCN2C(=O)CC(OC)C(C(C)CC)N(C)C(=O)CNC(=O)C(C(C)C)N(C)C)cc1. The van der Waals surface area contributed by atoms with E-state index in [1.54, 1.807) is 55.0 Å². The molecule has 8 unspecified atom stereocenters. The molecule has 1 fully saturated rings. The van der Waals surface area contributed by atoms with Gasteiger partial charge in [0.05, 0.1) is 81.9 Å². The van der Waals surface area contributed by atoms with E-state index < -0.39 is 98.0 Å². The summed E-state index contributed by atoms with van der Waals surface area (Å²) in [6.45, 7) is 17.9. The summed E-state index contributed by atoms with van der Waals surface area (Å²) in [5.74, 6) is -5.18. The van der Waals surface area contributed by atoms with Crippen LogP contribution in [-0.2, 0) is 63.8 Å². The highest BCUT2D eigenvalue weighted by Crippen LogP contribution is 2.29. The third kappa shape index (κ3) is 27.0. The van der Waals surface area contributed by atoms with Gasteiger partial charge in [-0.25, -0.2) is 0 Å². The van der Waals surface area contributed by atoms with Crippen LogP contribution in [0.5, 0.6) is 0 Å². The molecule has 8 atom stereocenters. The van der Waals surface area contributed by atoms with E-state index >= 15 is 0 Å².